The minimum Gasteiger partial charge on any atom is -0.372 e. The molecule has 1 fully saturated rings. The molecule has 1 aliphatic carbocycles. The van der Waals surface area contributed by atoms with Crippen LogP contribution in [0.5, 0.6) is 0 Å². The van der Waals surface area contributed by atoms with Crippen LogP contribution in [0.1, 0.15) is 26.7 Å². The van der Waals surface area contributed by atoms with Gasteiger partial charge in [-0.15, -0.1) is 0 Å². The maximum Gasteiger partial charge on any atom is 0.0326 e. The van der Waals surface area contributed by atoms with Gasteiger partial charge in [-0.3, -0.25) is 0 Å². The standard InChI is InChI=1S/C12H19ClN2/c1-9-7-11(3-4-12(9)13)15-6-5-14-10(2)8-15/h7,10,14H,3-6,8H2,1-2H3/t10-/m1/s1. The van der Waals surface area contributed by atoms with E-state index in [0.717, 1.165) is 37.5 Å². The van der Waals surface area contributed by atoms with E-state index in [9.17, 15) is 0 Å². The Hall–Kier alpha value is -0.470. The molecule has 2 nitrogen and oxygen atoms in total. The van der Waals surface area contributed by atoms with Gasteiger partial charge in [0.25, 0.3) is 0 Å². The smallest absolute Gasteiger partial charge is 0.0326 e. The second kappa shape index (κ2) is 4.58. The lowest BCUT2D eigenvalue weighted by Crippen LogP contribution is -2.48. The highest BCUT2D eigenvalue weighted by molar-refractivity contribution is 6.30. The number of nitrogens with one attached hydrogen (secondary N) is 1. The fourth-order valence-electron chi connectivity index (χ4n) is 2.28. The molecule has 0 spiro atoms. The molecule has 0 bridgehead atoms. The van der Waals surface area contributed by atoms with Crippen molar-refractivity contribution in [3.63, 3.8) is 0 Å². The van der Waals surface area contributed by atoms with Crippen LogP contribution in [-0.4, -0.2) is 30.6 Å². The summed E-state index contributed by atoms with van der Waals surface area (Å²) in [7, 11) is 0. The summed E-state index contributed by atoms with van der Waals surface area (Å²) >= 11 is 6.10. The molecule has 1 atom stereocenters. The zero-order valence-corrected chi connectivity index (χ0v) is 10.3. The number of nitrogens with zero attached hydrogens (tertiary/aromatic N) is 1. The predicted octanol–water partition coefficient (Wildman–Crippen LogP) is 2.47. The molecule has 0 aromatic rings. The Labute approximate surface area is 97.0 Å². The highest BCUT2D eigenvalue weighted by Gasteiger charge is 2.19. The van der Waals surface area contributed by atoms with Crippen molar-refractivity contribution >= 4 is 11.6 Å². The van der Waals surface area contributed by atoms with Gasteiger partial charge in [-0.1, -0.05) is 11.6 Å². The van der Waals surface area contributed by atoms with Crippen molar-refractivity contribution in [2.45, 2.75) is 32.7 Å². The van der Waals surface area contributed by atoms with E-state index in [1.807, 2.05) is 0 Å². The van der Waals surface area contributed by atoms with Gasteiger partial charge in [-0.25, -0.2) is 0 Å². The van der Waals surface area contributed by atoms with Gasteiger partial charge >= 0.3 is 0 Å². The number of hydrogen-bond acceptors (Lipinski definition) is 2. The number of piperazine rings is 1. The van der Waals surface area contributed by atoms with E-state index in [2.05, 4.69) is 30.1 Å². The van der Waals surface area contributed by atoms with E-state index >= 15 is 0 Å². The highest BCUT2D eigenvalue weighted by Crippen LogP contribution is 2.28. The molecule has 0 aromatic carbocycles. The van der Waals surface area contributed by atoms with Crippen LogP contribution >= 0.6 is 11.6 Å². The van der Waals surface area contributed by atoms with Crippen molar-refractivity contribution in [1.29, 1.82) is 0 Å². The summed E-state index contributed by atoms with van der Waals surface area (Å²) in [5.41, 5.74) is 2.70. The largest absolute Gasteiger partial charge is 0.372 e. The first-order chi connectivity index (χ1) is 7.16. The van der Waals surface area contributed by atoms with Crippen LogP contribution in [0, 0.1) is 0 Å². The van der Waals surface area contributed by atoms with Gasteiger partial charge in [0.1, 0.15) is 0 Å². The Morgan fingerprint density at radius 2 is 2.27 bits per heavy atom. The molecule has 2 rings (SSSR count). The maximum atomic E-state index is 6.10. The quantitative estimate of drug-likeness (QED) is 0.739. The summed E-state index contributed by atoms with van der Waals surface area (Å²) in [6.07, 6.45) is 4.37. The molecular weight excluding hydrogens is 208 g/mol. The zero-order valence-electron chi connectivity index (χ0n) is 9.52. The molecule has 0 unspecified atom stereocenters. The summed E-state index contributed by atoms with van der Waals surface area (Å²) in [4.78, 5) is 2.49. The molecule has 2 aliphatic rings. The molecule has 1 saturated heterocycles. The number of allylic oxidation sites excluding steroid dienone is 4. The van der Waals surface area contributed by atoms with Crippen LogP contribution in [-0.2, 0) is 0 Å². The van der Waals surface area contributed by atoms with E-state index in [1.165, 1.54) is 11.3 Å². The molecule has 1 heterocycles. The predicted molar refractivity (Wildman–Crippen MR) is 64.9 cm³/mol. The topological polar surface area (TPSA) is 15.3 Å². The van der Waals surface area contributed by atoms with Crippen molar-refractivity contribution in [2.24, 2.45) is 0 Å². The van der Waals surface area contributed by atoms with Crippen molar-refractivity contribution < 1.29 is 0 Å². The van der Waals surface area contributed by atoms with E-state index in [0.29, 0.717) is 6.04 Å². The average Bonchev–Trinajstić information content (AvgIpc) is 2.22. The SMILES string of the molecule is CC1=C(Cl)CCC(N2CCN[C@H](C)C2)=C1. The minimum atomic E-state index is 0.598. The van der Waals surface area contributed by atoms with Crippen LogP contribution in [0.2, 0.25) is 0 Å². The summed E-state index contributed by atoms with van der Waals surface area (Å²) in [5, 5.41) is 4.49. The average molecular weight is 227 g/mol. The first-order valence-electron chi connectivity index (χ1n) is 5.71. The summed E-state index contributed by atoms with van der Waals surface area (Å²) in [6.45, 7) is 7.69. The molecule has 0 aromatic heterocycles. The van der Waals surface area contributed by atoms with Gasteiger partial charge in [0.2, 0.25) is 0 Å². The van der Waals surface area contributed by atoms with Gasteiger partial charge in [0, 0.05) is 36.4 Å². The number of rotatable bonds is 1. The fourth-order valence-corrected chi connectivity index (χ4v) is 2.43. The van der Waals surface area contributed by atoms with Gasteiger partial charge in [-0.2, -0.15) is 0 Å². The van der Waals surface area contributed by atoms with Crippen LogP contribution in [0.25, 0.3) is 0 Å². The third-order valence-corrected chi connectivity index (χ3v) is 3.67. The van der Waals surface area contributed by atoms with Crippen LogP contribution in [0.3, 0.4) is 0 Å². The second-order valence-electron chi connectivity index (χ2n) is 4.52. The van der Waals surface area contributed by atoms with E-state index in [-0.39, 0.29) is 0 Å². The van der Waals surface area contributed by atoms with Gasteiger partial charge in [0.15, 0.2) is 0 Å². The lowest BCUT2D eigenvalue weighted by Gasteiger charge is -2.36. The maximum absolute atomic E-state index is 6.10. The van der Waals surface area contributed by atoms with Crippen molar-refractivity contribution in [1.82, 2.24) is 10.2 Å². The summed E-state index contributed by atoms with van der Waals surface area (Å²) < 4.78 is 0. The molecule has 15 heavy (non-hydrogen) atoms. The molecule has 1 aliphatic heterocycles. The monoisotopic (exact) mass is 226 g/mol. The van der Waals surface area contributed by atoms with Crippen LogP contribution in [0.4, 0.5) is 0 Å². The van der Waals surface area contributed by atoms with Gasteiger partial charge < -0.3 is 10.2 Å². The molecule has 0 saturated carbocycles. The molecule has 84 valence electrons. The molecule has 0 radical (unpaired) electrons. The Kier molecular flexibility index (Phi) is 3.37. The van der Waals surface area contributed by atoms with Gasteiger partial charge in [0.05, 0.1) is 0 Å². The Balaban J connectivity index is 2.08. The number of hydrogen-bond donors (Lipinski definition) is 1. The first kappa shape index (κ1) is 11.0. The Morgan fingerprint density at radius 1 is 1.47 bits per heavy atom. The van der Waals surface area contributed by atoms with Crippen LogP contribution in [0.15, 0.2) is 22.4 Å². The Bertz CT molecular complexity index is 307. The molecule has 3 heteroatoms. The van der Waals surface area contributed by atoms with Crippen molar-refractivity contribution in [3.05, 3.63) is 22.4 Å². The minimum absolute atomic E-state index is 0.598. The van der Waals surface area contributed by atoms with Gasteiger partial charge in [-0.05, 0) is 38.3 Å². The zero-order chi connectivity index (χ0) is 10.8. The van der Waals surface area contributed by atoms with Crippen molar-refractivity contribution in [2.75, 3.05) is 19.6 Å². The van der Waals surface area contributed by atoms with E-state index in [1.54, 1.807) is 0 Å². The van der Waals surface area contributed by atoms with Crippen molar-refractivity contribution in [3.8, 4) is 0 Å². The third-order valence-electron chi connectivity index (χ3n) is 3.19. The van der Waals surface area contributed by atoms with E-state index < -0.39 is 0 Å². The molecular formula is C12H19ClN2. The molecule has 0 amide bonds. The molecule has 1 N–H and O–H groups in total. The highest BCUT2D eigenvalue weighted by atomic mass is 35.5. The third kappa shape index (κ3) is 2.56. The van der Waals surface area contributed by atoms with E-state index in [4.69, 9.17) is 11.6 Å². The Morgan fingerprint density at radius 3 is 2.93 bits per heavy atom. The lowest BCUT2D eigenvalue weighted by atomic mass is 10.0. The number of halogens is 1. The lowest BCUT2D eigenvalue weighted by molar-refractivity contribution is 0.248. The normalized spacial score (nSPS) is 28.1. The summed E-state index contributed by atoms with van der Waals surface area (Å²) in [6, 6.07) is 0.598. The fraction of sp³-hybridized carbons (Fsp3) is 0.667. The summed E-state index contributed by atoms with van der Waals surface area (Å²) in [5.74, 6) is 0. The first-order valence-corrected chi connectivity index (χ1v) is 6.09. The second-order valence-corrected chi connectivity index (χ2v) is 4.98. The van der Waals surface area contributed by atoms with Crippen LogP contribution < -0.4 is 5.32 Å².